The van der Waals surface area contributed by atoms with Crippen LogP contribution in [0.5, 0.6) is 0 Å². The number of rotatable bonds is 4. The molecule has 29 heavy (non-hydrogen) atoms. The lowest BCUT2D eigenvalue weighted by Gasteiger charge is -2.39. The molecular weight excluding hydrogens is 372 g/mol. The average molecular weight is 394 g/mol. The van der Waals surface area contributed by atoms with Crippen molar-refractivity contribution in [1.29, 1.82) is 0 Å². The third kappa shape index (κ3) is 3.40. The minimum absolute atomic E-state index is 0.220. The van der Waals surface area contributed by atoms with E-state index in [1.54, 1.807) is 19.5 Å². The molecule has 0 atom stereocenters. The van der Waals surface area contributed by atoms with Crippen LogP contribution in [0.2, 0.25) is 0 Å². The molecule has 2 saturated heterocycles. The Balaban J connectivity index is 1.59. The number of methoxy groups -OCH3 is 1. The summed E-state index contributed by atoms with van der Waals surface area (Å²) in [5.41, 5.74) is 8.93. The highest BCUT2D eigenvalue weighted by molar-refractivity contribution is 5.89. The summed E-state index contributed by atoms with van der Waals surface area (Å²) in [6.45, 7) is 4.55. The maximum absolute atomic E-state index is 5.63. The number of aromatic nitrogens is 5. The fourth-order valence-electron chi connectivity index (χ4n) is 3.54. The molecule has 0 aromatic carbocycles. The molecule has 2 aliphatic heterocycles. The van der Waals surface area contributed by atoms with E-state index in [4.69, 9.17) is 30.2 Å². The average Bonchev–Trinajstić information content (AvgIpc) is 2.73. The molecule has 2 fully saturated rings. The van der Waals surface area contributed by atoms with E-state index in [-0.39, 0.29) is 12.1 Å². The maximum atomic E-state index is 5.63. The molecule has 0 aliphatic carbocycles. The van der Waals surface area contributed by atoms with E-state index in [1.807, 2.05) is 6.20 Å². The zero-order valence-corrected chi connectivity index (χ0v) is 16.2. The number of ether oxygens (including phenoxy) is 2. The Morgan fingerprint density at radius 3 is 2.52 bits per heavy atom. The molecule has 0 radical (unpaired) electrons. The van der Waals surface area contributed by atoms with Gasteiger partial charge < -0.3 is 25.0 Å². The predicted octanol–water partition coefficient (Wildman–Crippen LogP) is 0.736. The van der Waals surface area contributed by atoms with Crippen molar-refractivity contribution in [2.75, 3.05) is 62.0 Å². The van der Waals surface area contributed by atoms with Gasteiger partial charge in [-0.25, -0.2) is 24.9 Å². The highest BCUT2D eigenvalue weighted by atomic mass is 16.5. The van der Waals surface area contributed by atoms with Crippen LogP contribution in [0.3, 0.4) is 0 Å². The minimum Gasteiger partial charge on any atom is -0.378 e. The Bertz CT molecular complexity index is 1020. The molecule has 2 aliphatic rings. The minimum atomic E-state index is 0.220. The highest BCUT2D eigenvalue weighted by Crippen LogP contribution is 2.30. The lowest BCUT2D eigenvalue weighted by atomic mass is 10.1. The number of pyridine rings is 1. The summed E-state index contributed by atoms with van der Waals surface area (Å²) in [5, 5.41) is 0. The largest absolute Gasteiger partial charge is 0.378 e. The van der Waals surface area contributed by atoms with Gasteiger partial charge in [0.25, 0.3) is 0 Å². The molecule has 0 spiro atoms. The van der Waals surface area contributed by atoms with Crippen LogP contribution in [0, 0.1) is 0 Å². The summed E-state index contributed by atoms with van der Waals surface area (Å²) in [4.78, 5) is 26.8. The zero-order valence-electron chi connectivity index (χ0n) is 16.2. The molecule has 0 amide bonds. The summed E-state index contributed by atoms with van der Waals surface area (Å²) >= 11 is 0. The molecule has 5 rings (SSSR count). The van der Waals surface area contributed by atoms with Crippen LogP contribution < -0.4 is 15.5 Å². The summed E-state index contributed by atoms with van der Waals surface area (Å²) < 4.78 is 10.9. The first-order chi connectivity index (χ1) is 14.2. The summed E-state index contributed by atoms with van der Waals surface area (Å²) in [7, 11) is 1.74. The molecule has 150 valence electrons. The van der Waals surface area contributed by atoms with Crippen molar-refractivity contribution in [3.8, 4) is 11.4 Å². The van der Waals surface area contributed by atoms with Crippen molar-refractivity contribution >= 4 is 28.5 Å². The van der Waals surface area contributed by atoms with Crippen LogP contribution in [0.4, 0.5) is 17.5 Å². The van der Waals surface area contributed by atoms with E-state index in [0.29, 0.717) is 24.6 Å². The number of hydrogen-bond donors (Lipinski definition) is 1. The summed E-state index contributed by atoms with van der Waals surface area (Å²) in [5.74, 6) is 1.57. The third-order valence-electron chi connectivity index (χ3n) is 5.29. The number of nitrogens with zero attached hydrogens (tertiary/aromatic N) is 7. The van der Waals surface area contributed by atoms with Crippen LogP contribution in [0.15, 0.2) is 24.7 Å². The van der Waals surface area contributed by atoms with Gasteiger partial charge in [0.05, 0.1) is 42.3 Å². The molecule has 0 unspecified atom stereocenters. The van der Waals surface area contributed by atoms with Gasteiger partial charge in [0.1, 0.15) is 5.52 Å². The van der Waals surface area contributed by atoms with Gasteiger partial charge in [0.2, 0.25) is 5.95 Å². The van der Waals surface area contributed by atoms with Crippen LogP contribution in [-0.4, -0.2) is 77.5 Å². The van der Waals surface area contributed by atoms with E-state index in [9.17, 15) is 0 Å². The standard InChI is InChI=1S/C19H22N8O2/c1-28-14-10-27(11-14)13-6-15-16(21-9-13)18(26-2-4-29-5-3-26)25-17(24-15)12-7-22-19(20)23-8-12/h6-9,14H,2-5,10-11H2,1H3,(H2,20,22,23). The van der Waals surface area contributed by atoms with Gasteiger partial charge >= 0.3 is 0 Å². The summed E-state index contributed by atoms with van der Waals surface area (Å²) in [6, 6.07) is 2.06. The SMILES string of the molecule is COC1CN(c2cnc3c(N4CCOCC4)nc(-c4cnc(N)nc4)nc3c2)C1. The fraction of sp³-hybridized carbons (Fsp3) is 0.421. The number of morpholine rings is 1. The lowest BCUT2D eigenvalue weighted by molar-refractivity contribution is 0.0787. The second-order valence-electron chi connectivity index (χ2n) is 7.12. The Morgan fingerprint density at radius 2 is 1.79 bits per heavy atom. The van der Waals surface area contributed by atoms with Gasteiger partial charge in [-0.2, -0.15) is 0 Å². The number of fused-ring (bicyclic) bond motifs is 1. The van der Waals surface area contributed by atoms with Gasteiger partial charge in [-0.15, -0.1) is 0 Å². The zero-order chi connectivity index (χ0) is 19.8. The van der Waals surface area contributed by atoms with Gasteiger partial charge in [0, 0.05) is 45.7 Å². The Kier molecular flexibility index (Phi) is 4.57. The second kappa shape index (κ2) is 7.37. The number of hydrogen-bond acceptors (Lipinski definition) is 10. The Labute approximate surface area is 167 Å². The first-order valence-corrected chi connectivity index (χ1v) is 9.57. The smallest absolute Gasteiger partial charge is 0.219 e. The number of anilines is 3. The van der Waals surface area contributed by atoms with Crippen molar-refractivity contribution in [2.45, 2.75) is 6.10 Å². The van der Waals surface area contributed by atoms with Crippen molar-refractivity contribution in [3.63, 3.8) is 0 Å². The maximum Gasteiger partial charge on any atom is 0.219 e. The molecule has 10 nitrogen and oxygen atoms in total. The van der Waals surface area contributed by atoms with Crippen molar-refractivity contribution in [3.05, 3.63) is 24.7 Å². The van der Waals surface area contributed by atoms with Gasteiger partial charge in [-0.1, -0.05) is 0 Å². The van der Waals surface area contributed by atoms with E-state index in [0.717, 1.165) is 48.7 Å². The van der Waals surface area contributed by atoms with Crippen LogP contribution in [0.25, 0.3) is 22.4 Å². The third-order valence-corrected chi connectivity index (χ3v) is 5.29. The van der Waals surface area contributed by atoms with E-state index < -0.39 is 0 Å². The van der Waals surface area contributed by atoms with Crippen molar-refractivity contribution in [1.82, 2.24) is 24.9 Å². The normalized spacial score (nSPS) is 17.6. The van der Waals surface area contributed by atoms with E-state index >= 15 is 0 Å². The predicted molar refractivity (Wildman–Crippen MR) is 109 cm³/mol. The fourth-order valence-corrected chi connectivity index (χ4v) is 3.54. The molecule has 10 heteroatoms. The van der Waals surface area contributed by atoms with Crippen LogP contribution in [0.1, 0.15) is 0 Å². The second-order valence-corrected chi connectivity index (χ2v) is 7.12. The monoisotopic (exact) mass is 394 g/mol. The van der Waals surface area contributed by atoms with Gasteiger partial charge in [-0.05, 0) is 6.07 Å². The van der Waals surface area contributed by atoms with Gasteiger partial charge in [0.15, 0.2) is 11.6 Å². The number of nitrogens with two attached hydrogens (primary N) is 1. The Hall–Kier alpha value is -3.11. The van der Waals surface area contributed by atoms with Gasteiger partial charge in [-0.3, -0.25) is 0 Å². The molecule has 2 N–H and O–H groups in total. The first-order valence-electron chi connectivity index (χ1n) is 9.57. The highest BCUT2D eigenvalue weighted by Gasteiger charge is 2.27. The molecule has 3 aromatic rings. The lowest BCUT2D eigenvalue weighted by Crippen LogP contribution is -2.51. The topological polar surface area (TPSA) is 115 Å². The molecular formula is C19H22N8O2. The quantitative estimate of drug-likeness (QED) is 0.679. The number of nitrogen functional groups attached to an aromatic ring is 1. The molecule has 0 bridgehead atoms. The van der Waals surface area contributed by atoms with Crippen molar-refractivity contribution < 1.29 is 9.47 Å². The van der Waals surface area contributed by atoms with Crippen LogP contribution >= 0.6 is 0 Å². The van der Waals surface area contributed by atoms with Crippen LogP contribution in [-0.2, 0) is 9.47 Å². The Morgan fingerprint density at radius 1 is 1.03 bits per heavy atom. The molecule has 0 saturated carbocycles. The summed E-state index contributed by atoms with van der Waals surface area (Å²) in [6.07, 6.45) is 5.43. The molecule has 3 aromatic heterocycles. The van der Waals surface area contributed by atoms with E-state index in [1.165, 1.54) is 0 Å². The van der Waals surface area contributed by atoms with E-state index in [2.05, 4.69) is 25.8 Å². The van der Waals surface area contributed by atoms with Crippen molar-refractivity contribution in [2.24, 2.45) is 0 Å². The molecule has 5 heterocycles. The first kappa shape index (κ1) is 18.0.